The third-order valence-electron chi connectivity index (χ3n) is 4.48. The standard InChI is InChI=1S/C17H17ClN4O2/c1-7-14(8(2)24-22-7)11-5-12-10(6-13(11)23-4)15-16(18)19-9(3)20-17(15)21-12/h5-6,15,17,21H,1-4H3. The van der Waals surface area contributed by atoms with Gasteiger partial charge in [-0.05, 0) is 38.5 Å². The molecular formula is C17H17ClN4O2. The number of aryl methyl sites for hydroxylation is 2. The first-order chi connectivity index (χ1) is 11.5. The largest absolute Gasteiger partial charge is 0.496 e. The average Bonchev–Trinajstić information content (AvgIpc) is 3.05. The molecule has 2 atom stereocenters. The Morgan fingerprint density at radius 3 is 2.71 bits per heavy atom. The zero-order chi connectivity index (χ0) is 17.0. The summed E-state index contributed by atoms with van der Waals surface area (Å²) in [6, 6.07) is 4.05. The zero-order valence-corrected chi connectivity index (χ0v) is 14.6. The Bertz CT molecular complexity index is 881. The average molecular weight is 345 g/mol. The third kappa shape index (κ3) is 2.13. The summed E-state index contributed by atoms with van der Waals surface area (Å²) >= 11 is 6.39. The quantitative estimate of drug-likeness (QED) is 0.897. The summed E-state index contributed by atoms with van der Waals surface area (Å²) in [7, 11) is 1.65. The lowest BCUT2D eigenvalue weighted by Crippen LogP contribution is -2.27. The number of fused-ring (bicyclic) bond motifs is 3. The van der Waals surface area contributed by atoms with Gasteiger partial charge in [0.05, 0.1) is 24.3 Å². The van der Waals surface area contributed by atoms with Gasteiger partial charge < -0.3 is 14.6 Å². The van der Waals surface area contributed by atoms with E-state index in [1.807, 2.05) is 32.9 Å². The van der Waals surface area contributed by atoms with Gasteiger partial charge in [0, 0.05) is 11.3 Å². The fourth-order valence-corrected chi connectivity index (χ4v) is 3.80. The number of anilines is 1. The van der Waals surface area contributed by atoms with E-state index in [1.165, 1.54) is 0 Å². The van der Waals surface area contributed by atoms with Crippen LogP contribution in [-0.2, 0) is 0 Å². The lowest BCUT2D eigenvalue weighted by Gasteiger charge is -2.19. The second kappa shape index (κ2) is 5.34. The number of benzene rings is 1. The number of halogens is 1. The molecular weight excluding hydrogens is 328 g/mol. The molecule has 24 heavy (non-hydrogen) atoms. The molecule has 2 aliphatic rings. The van der Waals surface area contributed by atoms with Crippen LogP contribution in [0, 0.1) is 13.8 Å². The van der Waals surface area contributed by atoms with Crippen LogP contribution in [-0.4, -0.2) is 29.4 Å². The molecule has 0 radical (unpaired) electrons. The molecule has 0 saturated heterocycles. The van der Waals surface area contributed by atoms with Gasteiger partial charge in [-0.1, -0.05) is 16.8 Å². The summed E-state index contributed by atoms with van der Waals surface area (Å²) in [4.78, 5) is 8.86. The topological polar surface area (TPSA) is 72.0 Å². The van der Waals surface area contributed by atoms with Crippen molar-refractivity contribution in [3.63, 3.8) is 0 Å². The summed E-state index contributed by atoms with van der Waals surface area (Å²) in [5.41, 5.74) is 4.73. The Morgan fingerprint density at radius 2 is 2.04 bits per heavy atom. The molecule has 6 nitrogen and oxygen atoms in total. The summed E-state index contributed by atoms with van der Waals surface area (Å²) in [5, 5.41) is 8.02. The van der Waals surface area contributed by atoms with E-state index in [9.17, 15) is 0 Å². The molecule has 7 heteroatoms. The first kappa shape index (κ1) is 15.2. The van der Waals surface area contributed by atoms with Gasteiger partial charge in [-0.2, -0.15) is 0 Å². The highest BCUT2D eigenvalue weighted by Crippen LogP contribution is 2.46. The molecule has 0 amide bonds. The predicted molar refractivity (Wildman–Crippen MR) is 94.5 cm³/mol. The van der Waals surface area contributed by atoms with Crippen molar-refractivity contribution in [3.8, 4) is 16.9 Å². The molecule has 3 heterocycles. The van der Waals surface area contributed by atoms with Crippen LogP contribution in [0.2, 0.25) is 0 Å². The number of nitrogens with one attached hydrogen (secondary N) is 1. The Hall–Kier alpha value is -2.34. The number of hydrogen-bond acceptors (Lipinski definition) is 6. The molecule has 2 aromatic rings. The van der Waals surface area contributed by atoms with E-state index in [4.69, 9.17) is 20.9 Å². The number of aliphatic imine (C=N–C) groups is 2. The van der Waals surface area contributed by atoms with Crippen LogP contribution in [0.25, 0.3) is 11.1 Å². The van der Waals surface area contributed by atoms with E-state index in [0.29, 0.717) is 11.0 Å². The van der Waals surface area contributed by atoms with Crippen molar-refractivity contribution in [3.05, 3.63) is 29.2 Å². The normalized spacial score (nSPS) is 21.5. The molecule has 1 aromatic carbocycles. The van der Waals surface area contributed by atoms with Crippen molar-refractivity contribution >= 4 is 28.3 Å². The molecule has 0 aliphatic carbocycles. The Balaban J connectivity index is 1.89. The summed E-state index contributed by atoms with van der Waals surface area (Å²) < 4.78 is 10.9. The maximum Gasteiger partial charge on any atom is 0.141 e. The van der Waals surface area contributed by atoms with Crippen LogP contribution in [0.1, 0.15) is 29.9 Å². The van der Waals surface area contributed by atoms with Crippen molar-refractivity contribution in [2.45, 2.75) is 32.9 Å². The van der Waals surface area contributed by atoms with Crippen molar-refractivity contribution < 1.29 is 9.26 Å². The molecule has 0 fully saturated rings. The van der Waals surface area contributed by atoms with Gasteiger partial charge in [0.15, 0.2) is 0 Å². The zero-order valence-electron chi connectivity index (χ0n) is 13.8. The SMILES string of the molecule is COc1cc2c(cc1-c1c(C)noc1C)NC1N=C(C)N=C(Cl)C21. The van der Waals surface area contributed by atoms with E-state index in [1.54, 1.807) is 7.11 Å². The predicted octanol–water partition coefficient (Wildman–Crippen LogP) is 3.87. The van der Waals surface area contributed by atoms with E-state index in [-0.39, 0.29) is 12.1 Å². The smallest absolute Gasteiger partial charge is 0.141 e. The number of ether oxygens (including phenoxy) is 1. The number of hydrogen-bond donors (Lipinski definition) is 1. The van der Waals surface area contributed by atoms with Crippen molar-refractivity contribution in [2.24, 2.45) is 9.98 Å². The van der Waals surface area contributed by atoms with Crippen LogP contribution >= 0.6 is 11.6 Å². The molecule has 1 N–H and O–H groups in total. The fourth-order valence-electron chi connectivity index (χ4n) is 3.44. The van der Waals surface area contributed by atoms with Crippen molar-refractivity contribution in [2.75, 3.05) is 12.4 Å². The molecule has 0 saturated carbocycles. The summed E-state index contributed by atoms with van der Waals surface area (Å²) in [6.07, 6.45) is -0.130. The van der Waals surface area contributed by atoms with Crippen LogP contribution < -0.4 is 10.1 Å². The lowest BCUT2D eigenvalue weighted by atomic mass is 9.95. The Kier molecular flexibility index (Phi) is 3.38. The van der Waals surface area contributed by atoms with Gasteiger partial charge >= 0.3 is 0 Å². The lowest BCUT2D eigenvalue weighted by molar-refractivity contribution is 0.393. The second-order valence-electron chi connectivity index (χ2n) is 6.02. The molecule has 1 aromatic heterocycles. The van der Waals surface area contributed by atoms with Gasteiger partial charge in [0.25, 0.3) is 0 Å². The van der Waals surface area contributed by atoms with Crippen LogP contribution in [0.15, 0.2) is 26.6 Å². The van der Waals surface area contributed by atoms with Crippen molar-refractivity contribution in [1.29, 1.82) is 0 Å². The number of aromatic nitrogens is 1. The van der Waals surface area contributed by atoms with Crippen LogP contribution in [0.4, 0.5) is 5.69 Å². The van der Waals surface area contributed by atoms with E-state index >= 15 is 0 Å². The first-order valence-corrected chi connectivity index (χ1v) is 8.07. The maximum absolute atomic E-state index is 6.39. The molecule has 4 rings (SSSR count). The molecule has 0 bridgehead atoms. The Morgan fingerprint density at radius 1 is 1.25 bits per heavy atom. The van der Waals surface area contributed by atoms with E-state index < -0.39 is 0 Å². The Labute approximate surface area is 144 Å². The van der Waals surface area contributed by atoms with Crippen LogP contribution in [0.3, 0.4) is 0 Å². The maximum atomic E-state index is 6.39. The summed E-state index contributed by atoms with van der Waals surface area (Å²) in [6.45, 7) is 5.66. The molecule has 124 valence electrons. The van der Waals surface area contributed by atoms with Crippen LogP contribution in [0.5, 0.6) is 5.75 Å². The highest BCUT2D eigenvalue weighted by Gasteiger charge is 2.38. The molecule has 2 unspecified atom stereocenters. The first-order valence-electron chi connectivity index (χ1n) is 7.69. The fraction of sp³-hybridized carbons (Fsp3) is 0.353. The third-order valence-corrected chi connectivity index (χ3v) is 4.80. The number of amidine groups is 1. The van der Waals surface area contributed by atoms with Gasteiger partial charge in [-0.3, -0.25) is 0 Å². The summed E-state index contributed by atoms with van der Waals surface area (Å²) in [5.74, 6) is 2.11. The van der Waals surface area contributed by atoms with E-state index in [0.717, 1.165) is 39.6 Å². The number of nitrogens with zero attached hydrogens (tertiary/aromatic N) is 3. The highest BCUT2D eigenvalue weighted by atomic mass is 35.5. The minimum Gasteiger partial charge on any atom is -0.496 e. The number of methoxy groups -OCH3 is 1. The molecule has 2 aliphatic heterocycles. The van der Waals surface area contributed by atoms with Gasteiger partial charge in [0.2, 0.25) is 0 Å². The number of rotatable bonds is 2. The minimum absolute atomic E-state index is 0.0852. The monoisotopic (exact) mass is 344 g/mol. The molecule has 0 spiro atoms. The second-order valence-corrected chi connectivity index (χ2v) is 6.40. The van der Waals surface area contributed by atoms with Gasteiger partial charge in [-0.15, -0.1) is 0 Å². The van der Waals surface area contributed by atoms with Gasteiger partial charge in [-0.25, -0.2) is 9.98 Å². The van der Waals surface area contributed by atoms with Crippen molar-refractivity contribution in [1.82, 2.24) is 5.16 Å². The highest BCUT2D eigenvalue weighted by molar-refractivity contribution is 6.67. The van der Waals surface area contributed by atoms with E-state index in [2.05, 4.69) is 20.5 Å². The minimum atomic E-state index is -0.130. The van der Waals surface area contributed by atoms with Gasteiger partial charge in [0.1, 0.15) is 28.7 Å².